The van der Waals surface area contributed by atoms with Gasteiger partial charge in [-0.1, -0.05) is 29.3 Å². The van der Waals surface area contributed by atoms with Crippen molar-refractivity contribution in [3.8, 4) is 0 Å². The summed E-state index contributed by atoms with van der Waals surface area (Å²) in [5, 5.41) is 5.30. The second kappa shape index (κ2) is 5.04. The van der Waals surface area contributed by atoms with E-state index in [-0.39, 0.29) is 0 Å². The van der Waals surface area contributed by atoms with E-state index in [1.165, 1.54) is 6.33 Å². The van der Waals surface area contributed by atoms with Crippen LogP contribution >= 0.6 is 34.8 Å². The van der Waals surface area contributed by atoms with Crippen molar-refractivity contribution in [2.75, 3.05) is 0 Å². The lowest BCUT2D eigenvalue weighted by molar-refractivity contribution is 0.656. The van der Waals surface area contributed by atoms with Crippen LogP contribution in [0.5, 0.6) is 0 Å². The van der Waals surface area contributed by atoms with Crippen molar-refractivity contribution in [2.24, 2.45) is 0 Å². The zero-order valence-electron chi connectivity index (χ0n) is 8.20. The molecular weight excluding hydrogens is 268 g/mol. The first-order valence-electron chi connectivity index (χ1n) is 4.58. The van der Waals surface area contributed by atoms with E-state index in [0.29, 0.717) is 28.3 Å². The van der Waals surface area contributed by atoms with E-state index in [1.54, 1.807) is 22.9 Å². The van der Waals surface area contributed by atoms with Crippen LogP contribution in [0.2, 0.25) is 10.0 Å². The van der Waals surface area contributed by atoms with Gasteiger partial charge in [0, 0.05) is 15.6 Å². The van der Waals surface area contributed by atoms with Crippen molar-refractivity contribution in [3.63, 3.8) is 0 Å². The molecule has 0 radical (unpaired) electrons. The Morgan fingerprint density at radius 3 is 2.50 bits per heavy atom. The van der Waals surface area contributed by atoms with E-state index in [2.05, 4.69) is 10.1 Å². The molecule has 0 N–H and O–H groups in total. The number of nitrogens with zero attached hydrogens (tertiary/aromatic N) is 3. The Kier molecular flexibility index (Phi) is 3.69. The maximum absolute atomic E-state index is 6.06. The average molecular weight is 277 g/mol. The van der Waals surface area contributed by atoms with Crippen LogP contribution in [0.25, 0.3) is 0 Å². The third-order valence-corrected chi connectivity index (χ3v) is 3.13. The molecule has 1 aromatic carbocycles. The van der Waals surface area contributed by atoms with E-state index < -0.39 is 0 Å². The fraction of sp³-hybridized carbons (Fsp3) is 0.200. The minimum absolute atomic E-state index is 0.308. The summed E-state index contributed by atoms with van der Waals surface area (Å²) in [6.45, 7) is 0.473. The summed E-state index contributed by atoms with van der Waals surface area (Å²) >= 11 is 17.9. The maximum atomic E-state index is 6.06. The van der Waals surface area contributed by atoms with Gasteiger partial charge in [0.1, 0.15) is 12.2 Å². The number of rotatable bonds is 3. The van der Waals surface area contributed by atoms with Crippen LogP contribution in [-0.4, -0.2) is 14.8 Å². The number of hydrogen-bond acceptors (Lipinski definition) is 2. The highest BCUT2D eigenvalue weighted by Gasteiger charge is 2.09. The molecule has 0 aliphatic rings. The molecular formula is C10H8Cl3N3. The molecule has 0 bridgehead atoms. The summed E-state index contributed by atoms with van der Waals surface area (Å²) in [5.74, 6) is 1.000. The van der Waals surface area contributed by atoms with Gasteiger partial charge in [0.15, 0.2) is 0 Å². The van der Waals surface area contributed by atoms with Gasteiger partial charge >= 0.3 is 0 Å². The van der Waals surface area contributed by atoms with E-state index >= 15 is 0 Å². The van der Waals surface area contributed by atoms with Crippen molar-refractivity contribution in [1.82, 2.24) is 14.8 Å². The predicted octanol–water partition coefficient (Wildman–Crippen LogP) is 3.37. The van der Waals surface area contributed by atoms with Crippen LogP contribution in [0.3, 0.4) is 0 Å². The van der Waals surface area contributed by atoms with Gasteiger partial charge in [-0.2, -0.15) is 5.10 Å². The topological polar surface area (TPSA) is 30.7 Å². The molecule has 16 heavy (non-hydrogen) atoms. The largest absolute Gasteiger partial charge is 0.244 e. The SMILES string of the molecule is ClCc1ncnn1Cc1c(Cl)cccc1Cl. The standard InChI is InChI=1S/C10H8Cl3N3/c11-4-10-14-6-15-16(10)5-7-8(12)2-1-3-9(7)13/h1-3,6H,4-5H2. The monoisotopic (exact) mass is 275 g/mol. The summed E-state index contributed by atoms with van der Waals surface area (Å²) in [5.41, 5.74) is 0.822. The predicted molar refractivity (Wildman–Crippen MR) is 65.1 cm³/mol. The summed E-state index contributed by atoms with van der Waals surface area (Å²) < 4.78 is 1.68. The summed E-state index contributed by atoms with van der Waals surface area (Å²) in [6.07, 6.45) is 1.46. The third kappa shape index (κ3) is 2.32. The van der Waals surface area contributed by atoms with Gasteiger partial charge in [-0.25, -0.2) is 9.67 Å². The third-order valence-electron chi connectivity index (χ3n) is 2.18. The van der Waals surface area contributed by atoms with Crippen LogP contribution in [0.1, 0.15) is 11.4 Å². The molecule has 0 saturated carbocycles. The van der Waals surface area contributed by atoms with Crippen molar-refractivity contribution in [2.45, 2.75) is 12.4 Å². The molecule has 0 fully saturated rings. The molecule has 0 amide bonds. The number of benzene rings is 1. The first-order valence-corrected chi connectivity index (χ1v) is 5.87. The van der Waals surface area contributed by atoms with Crippen molar-refractivity contribution in [1.29, 1.82) is 0 Å². The second-order valence-electron chi connectivity index (χ2n) is 3.17. The Labute approximate surface area is 108 Å². The molecule has 6 heteroatoms. The van der Waals surface area contributed by atoms with Crippen LogP contribution in [0.4, 0.5) is 0 Å². The minimum Gasteiger partial charge on any atom is -0.244 e. The van der Waals surface area contributed by atoms with Gasteiger partial charge < -0.3 is 0 Å². The van der Waals surface area contributed by atoms with Crippen LogP contribution < -0.4 is 0 Å². The van der Waals surface area contributed by atoms with Crippen molar-refractivity contribution in [3.05, 3.63) is 46.0 Å². The molecule has 0 aliphatic carbocycles. The Hall–Kier alpha value is -0.770. The Morgan fingerprint density at radius 2 is 1.88 bits per heavy atom. The lowest BCUT2D eigenvalue weighted by atomic mass is 10.2. The van der Waals surface area contributed by atoms with E-state index in [1.807, 2.05) is 0 Å². The lowest BCUT2D eigenvalue weighted by Gasteiger charge is -2.08. The van der Waals surface area contributed by atoms with Gasteiger partial charge in [0.2, 0.25) is 0 Å². The second-order valence-corrected chi connectivity index (χ2v) is 4.25. The Morgan fingerprint density at radius 1 is 1.19 bits per heavy atom. The molecule has 0 unspecified atom stereocenters. The van der Waals surface area contributed by atoms with Gasteiger partial charge in [-0.15, -0.1) is 11.6 Å². The van der Waals surface area contributed by atoms with Gasteiger partial charge in [-0.05, 0) is 12.1 Å². The molecule has 0 saturated heterocycles. The van der Waals surface area contributed by atoms with Gasteiger partial charge in [0.25, 0.3) is 0 Å². The zero-order chi connectivity index (χ0) is 11.5. The minimum atomic E-state index is 0.308. The van der Waals surface area contributed by atoms with Gasteiger partial charge in [-0.3, -0.25) is 0 Å². The average Bonchev–Trinajstić information content (AvgIpc) is 2.71. The first-order chi connectivity index (χ1) is 7.72. The summed E-state index contributed by atoms with van der Waals surface area (Å²) in [6, 6.07) is 5.39. The maximum Gasteiger partial charge on any atom is 0.142 e. The molecule has 84 valence electrons. The number of aromatic nitrogens is 3. The molecule has 0 aliphatic heterocycles. The highest BCUT2D eigenvalue weighted by atomic mass is 35.5. The number of hydrogen-bond donors (Lipinski definition) is 0. The summed E-state index contributed by atoms with van der Waals surface area (Å²) in [7, 11) is 0. The van der Waals surface area contributed by atoms with E-state index in [4.69, 9.17) is 34.8 Å². The number of alkyl halides is 1. The van der Waals surface area contributed by atoms with E-state index in [9.17, 15) is 0 Å². The highest BCUT2D eigenvalue weighted by Crippen LogP contribution is 2.25. The smallest absolute Gasteiger partial charge is 0.142 e. The number of halogens is 3. The fourth-order valence-electron chi connectivity index (χ4n) is 1.36. The van der Waals surface area contributed by atoms with E-state index in [0.717, 1.165) is 5.56 Å². The molecule has 2 rings (SSSR count). The first kappa shape index (κ1) is 11.7. The van der Waals surface area contributed by atoms with Crippen LogP contribution in [0, 0.1) is 0 Å². The van der Waals surface area contributed by atoms with Crippen LogP contribution in [0.15, 0.2) is 24.5 Å². The summed E-state index contributed by atoms with van der Waals surface area (Å²) in [4.78, 5) is 4.02. The fourth-order valence-corrected chi connectivity index (χ4v) is 2.08. The molecule has 0 spiro atoms. The van der Waals surface area contributed by atoms with Gasteiger partial charge in [0.05, 0.1) is 12.4 Å². The molecule has 1 aromatic heterocycles. The molecule has 3 nitrogen and oxygen atoms in total. The zero-order valence-corrected chi connectivity index (χ0v) is 10.5. The van der Waals surface area contributed by atoms with Crippen LogP contribution in [-0.2, 0) is 12.4 Å². The Balaban J connectivity index is 2.34. The van der Waals surface area contributed by atoms with Crippen molar-refractivity contribution >= 4 is 34.8 Å². The normalized spacial score (nSPS) is 10.7. The molecule has 0 atom stereocenters. The highest BCUT2D eigenvalue weighted by molar-refractivity contribution is 6.35. The van der Waals surface area contributed by atoms with Crippen molar-refractivity contribution < 1.29 is 0 Å². The molecule has 1 heterocycles. The molecule has 2 aromatic rings. The Bertz CT molecular complexity index is 476. The quantitative estimate of drug-likeness (QED) is 0.805. The lowest BCUT2D eigenvalue weighted by Crippen LogP contribution is -2.06.